The molecule has 0 aromatic heterocycles. The lowest BCUT2D eigenvalue weighted by molar-refractivity contribution is -0.151. The molecule has 1 N–H and O–H groups in total. The van der Waals surface area contributed by atoms with Gasteiger partial charge in [-0.25, -0.2) is 0 Å². The number of carbonyl (C=O) groups is 1. The third-order valence-corrected chi connectivity index (χ3v) is 2.09. The summed E-state index contributed by atoms with van der Waals surface area (Å²) in [6.45, 7) is 1.14. The zero-order valence-electron chi connectivity index (χ0n) is 7.16. The second-order valence-corrected chi connectivity index (χ2v) is 2.99. The van der Waals surface area contributed by atoms with Crippen molar-refractivity contribution in [3.8, 4) is 0 Å². The summed E-state index contributed by atoms with van der Waals surface area (Å²) < 4.78 is 10.1. The van der Waals surface area contributed by atoms with Crippen molar-refractivity contribution in [2.75, 3.05) is 20.3 Å². The van der Waals surface area contributed by atoms with E-state index in [1.165, 1.54) is 0 Å². The highest BCUT2D eigenvalue weighted by atomic mass is 16.5. The van der Waals surface area contributed by atoms with E-state index in [4.69, 9.17) is 14.6 Å². The quantitative estimate of drug-likeness (QED) is 0.617. The van der Waals surface area contributed by atoms with Crippen molar-refractivity contribution in [1.29, 1.82) is 0 Å². The molecule has 0 atom stereocenters. The molecule has 4 heteroatoms. The normalized spacial score (nSPS) is 28.1. The number of carboxylic acid groups (broad SMARTS) is 1. The summed E-state index contributed by atoms with van der Waals surface area (Å²) >= 11 is 0. The second kappa shape index (κ2) is 4.42. The molecular formula is C8H14O4. The molecular weight excluding hydrogens is 160 g/mol. The van der Waals surface area contributed by atoms with Gasteiger partial charge in [0.15, 0.2) is 0 Å². The Labute approximate surface area is 71.5 Å². The summed E-state index contributed by atoms with van der Waals surface area (Å²) in [7, 11) is 1.62. The lowest BCUT2D eigenvalue weighted by atomic mass is 9.82. The maximum absolute atomic E-state index is 10.4. The van der Waals surface area contributed by atoms with E-state index in [2.05, 4.69) is 0 Å². The Morgan fingerprint density at radius 3 is 2.67 bits per heavy atom. The van der Waals surface area contributed by atoms with Crippen LogP contribution in [0.25, 0.3) is 0 Å². The monoisotopic (exact) mass is 174 g/mol. The van der Waals surface area contributed by atoms with Crippen molar-refractivity contribution in [3.63, 3.8) is 0 Å². The van der Waals surface area contributed by atoms with Crippen molar-refractivity contribution in [2.24, 2.45) is 5.92 Å². The Bertz CT molecular complexity index is 151. The molecule has 0 amide bonds. The van der Waals surface area contributed by atoms with Crippen molar-refractivity contribution in [1.82, 2.24) is 0 Å². The second-order valence-electron chi connectivity index (χ2n) is 2.99. The average molecular weight is 174 g/mol. The highest BCUT2D eigenvalue weighted by Crippen LogP contribution is 2.29. The Morgan fingerprint density at radius 2 is 2.17 bits per heavy atom. The zero-order valence-corrected chi connectivity index (χ0v) is 7.16. The summed E-state index contributed by atoms with van der Waals surface area (Å²) in [5.41, 5.74) is 0. The number of methoxy groups -OCH3 is 1. The van der Waals surface area contributed by atoms with Gasteiger partial charge in [-0.3, -0.25) is 4.79 Å². The molecule has 1 rings (SSSR count). The van der Waals surface area contributed by atoms with E-state index in [-0.39, 0.29) is 12.0 Å². The Kier molecular flexibility index (Phi) is 3.49. The van der Waals surface area contributed by atoms with Gasteiger partial charge in [0.2, 0.25) is 0 Å². The Hall–Kier alpha value is -0.610. The fourth-order valence-electron chi connectivity index (χ4n) is 1.20. The first-order valence-electron chi connectivity index (χ1n) is 4.07. The fourth-order valence-corrected chi connectivity index (χ4v) is 1.20. The number of hydrogen-bond donors (Lipinski definition) is 1. The van der Waals surface area contributed by atoms with Crippen molar-refractivity contribution in [2.45, 2.75) is 18.9 Å². The predicted molar refractivity (Wildman–Crippen MR) is 42.0 cm³/mol. The van der Waals surface area contributed by atoms with Gasteiger partial charge in [-0.2, -0.15) is 0 Å². The van der Waals surface area contributed by atoms with Gasteiger partial charge >= 0.3 is 5.97 Å². The molecule has 0 spiro atoms. The molecule has 70 valence electrons. The molecule has 12 heavy (non-hydrogen) atoms. The average Bonchev–Trinajstić information content (AvgIpc) is 1.93. The van der Waals surface area contributed by atoms with Gasteiger partial charge in [0.1, 0.15) is 0 Å². The SMILES string of the molecule is COCCOC1CC(C(=O)O)C1. The van der Waals surface area contributed by atoms with Crippen molar-refractivity contribution < 1.29 is 19.4 Å². The number of aliphatic carboxylic acids is 1. The Balaban J connectivity index is 1.98. The third kappa shape index (κ3) is 2.46. The lowest BCUT2D eigenvalue weighted by Crippen LogP contribution is -2.36. The minimum Gasteiger partial charge on any atom is -0.481 e. The molecule has 0 saturated heterocycles. The molecule has 1 aliphatic rings. The maximum atomic E-state index is 10.4. The van der Waals surface area contributed by atoms with E-state index in [0.717, 1.165) is 0 Å². The first-order valence-corrected chi connectivity index (χ1v) is 4.07. The minimum absolute atomic E-state index is 0.140. The van der Waals surface area contributed by atoms with Gasteiger partial charge in [0.05, 0.1) is 25.2 Å². The predicted octanol–water partition coefficient (Wildman–Crippen LogP) is 0.513. The van der Waals surface area contributed by atoms with Gasteiger partial charge in [0, 0.05) is 7.11 Å². The molecule has 0 aliphatic heterocycles. The van der Waals surface area contributed by atoms with E-state index in [9.17, 15) is 4.79 Å². The largest absolute Gasteiger partial charge is 0.481 e. The van der Waals surface area contributed by atoms with Crippen LogP contribution in [-0.2, 0) is 14.3 Å². The van der Waals surface area contributed by atoms with Gasteiger partial charge < -0.3 is 14.6 Å². The molecule has 1 saturated carbocycles. The molecule has 0 unspecified atom stereocenters. The number of hydrogen-bond acceptors (Lipinski definition) is 3. The molecule has 0 aromatic carbocycles. The zero-order chi connectivity index (χ0) is 8.97. The lowest BCUT2D eigenvalue weighted by Gasteiger charge is -2.31. The van der Waals surface area contributed by atoms with Crippen LogP contribution >= 0.6 is 0 Å². The van der Waals surface area contributed by atoms with Gasteiger partial charge in [0.25, 0.3) is 0 Å². The first-order chi connectivity index (χ1) is 5.74. The van der Waals surface area contributed by atoms with Crippen LogP contribution in [-0.4, -0.2) is 37.5 Å². The van der Waals surface area contributed by atoms with Crippen LogP contribution in [0.5, 0.6) is 0 Å². The number of carboxylic acids is 1. The van der Waals surface area contributed by atoms with E-state index in [0.29, 0.717) is 26.1 Å². The molecule has 1 fully saturated rings. The molecule has 0 heterocycles. The van der Waals surface area contributed by atoms with E-state index in [1.807, 2.05) is 0 Å². The molecule has 4 nitrogen and oxygen atoms in total. The summed E-state index contributed by atoms with van der Waals surface area (Å²) in [6.07, 6.45) is 1.44. The highest BCUT2D eigenvalue weighted by molar-refractivity contribution is 5.71. The number of rotatable bonds is 5. The minimum atomic E-state index is -0.707. The van der Waals surface area contributed by atoms with Crippen LogP contribution in [0.15, 0.2) is 0 Å². The molecule has 0 radical (unpaired) electrons. The Morgan fingerprint density at radius 1 is 1.50 bits per heavy atom. The fraction of sp³-hybridized carbons (Fsp3) is 0.875. The van der Waals surface area contributed by atoms with E-state index >= 15 is 0 Å². The molecule has 0 aromatic rings. The van der Waals surface area contributed by atoms with Crippen LogP contribution in [0.4, 0.5) is 0 Å². The van der Waals surface area contributed by atoms with Crippen molar-refractivity contribution in [3.05, 3.63) is 0 Å². The van der Waals surface area contributed by atoms with Crippen molar-refractivity contribution >= 4 is 5.97 Å². The summed E-state index contributed by atoms with van der Waals surface area (Å²) in [5, 5.41) is 8.54. The van der Waals surface area contributed by atoms with Gasteiger partial charge in [-0.15, -0.1) is 0 Å². The standard InChI is InChI=1S/C8H14O4/c1-11-2-3-12-7-4-6(5-7)8(9)10/h6-7H,2-5H2,1H3,(H,9,10). The third-order valence-electron chi connectivity index (χ3n) is 2.09. The molecule has 1 aliphatic carbocycles. The van der Waals surface area contributed by atoms with E-state index < -0.39 is 5.97 Å². The first kappa shape index (κ1) is 9.48. The van der Waals surface area contributed by atoms with Gasteiger partial charge in [-0.05, 0) is 12.8 Å². The topological polar surface area (TPSA) is 55.8 Å². The van der Waals surface area contributed by atoms with Crippen LogP contribution in [0.2, 0.25) is 0 Å². The van der Waals surface area contributed by atoms with Crippen LogP contribution in [0.1, 0.15) is 12.8 Å². The van der Waals surface area contributed by atoms with Crippen LogP contribution in [0.3, 0.4) is 0 Å². The molecule has 0 bridgehead atoms. The summed E-state index contributed by atoms with van der Waals surface area (Å²) in [4.78, 5) is 10.4. The highest BCUT2D eigenvalue weighted by Gasteiger charge is 2.34. The smallest absolute Gasteiger partial charge is 0.306 e. The van der Waals surface area contributed by atoms with E-state index in [1.54, 1.807) is 7.11 Å². The van der Waals surface area contributed by atoms with Crippen LogP contribution < -0.4 is 0 Å². The van der Waals surface area contributed by atoms with Crippen LogP contribution in [0, 0.1) is 5.92 Å². The summed E-state index contributed by atoms with van der Waals surface area (Å²) in [5.74, 6) is -0.890. The summed E-state index contributed by atoms with van der Waals surface area (Å²) in [6, 6.07) is 0. The number of ether oxygens (including phenoxy) is 2. The maximum Gasteiger partial charge on any atom is 0.306 e. The van der Waals surface area contributed by atoms with Gasteiger partial charge in [-0.1, -0.05) is 0 Å².